The quantitative estimate of drug-likeness (QED) is 0.821. The van der Waals surface area contributed by atoms with E-state index in [-0.39, 0.29) is 0 Å². The number of hydrogen-bond acceptors (Lipinski definition) is 3. The Morgan fingerprint density at radius 2 is 1.89 bits per heavy atom. The van der Waals surface area contributed by atoms with Gasteiger partial charge in [-0.1, -0.05) is 0 Å². The van der Waals surface area contributed by atoms with Crippen molar-refractivity contribution in [2.45, 2.75) is 19.0 Å². The van der Waals surface area contributed by atoms with Crippen LogP contribution in [0.15, 0.2) is 30.6 Å². The number of aromatic nitrogens is 3. The van der Waals surface area contributed by atoms with Gasteiger partial charge in [-0.05, 0) is 30.7 Å². The second-order valence-corrected chi connectivity index (χ2v) is 4.04. The molecule has 0 amide bonds. The lowest BCUT2D eigenvalue weighted by molar-refractivity contribution is -0.137. The minimum atomic E-state index is -4.29. The van der Waals surface area contributed by atoms with E-state index in [0.717, 1.165) is 30.8 Å². The van der Waals surface area contributed by atoms with Crippen LogP contribution in [0.25, 0.3) is 0 Å². The molecular formula is C12H13F3N4. The van der Waals surface area contributed by atoms with Gasteiger partial charge in [0.15, 0.2) is 0 Å². The molecule has 0 aliphatic rings. The first-order valence-electron chi connectivity index (χ1n) is 5.81. The number of benzene rings is 1. The summed E-state index contributed by atoms with van der Waals surface area (Å²) in [4.78, 5) is 3.98. The Bertz CT molecular complexity index is 491. The fraction of sp³-hybridized carbons (Fsp3) is 0.333. The van der Waals surface area contributed by atoms with Gasteiger partial charge in [0.1, 0.15) is 12.2 Å². The summed E-state index contributed by atoms with van der Waals surface area (Å²) in [6.45, 7) is 0.659. The highest BCUT2D eigenvalue weighted by Gasteiger charge is 2.29. The van der Waals surface area contributed by atoms with Crippen LogP contribution in [-0.2, 0) is 12.6 Å². The predicted octanol–water partition coefficient (Wildman–Crippen LogP) is 2.87. The van der Waals surface area contributed by atoms with E-state index in [1.807, 2.05) is 0 Å². The Labute approximate surface area is 108 Å². The summed E-state index contributed by atoms with van der Waals surface area (Å²) in [6.07, 6.45) is -1.28. The lowest BCUT2D eigenvalue weighted by Gasteiger charge is -2.09. The Morgan fingerprint density at radius 1 is 1.16 bits per heavy atom. The number of hydrogen-bond donors (Lipinski definition) is 2. The van der Waals surface area contributed by atoms with Crippen LogP contribution in [0.5, 0.6) is 0 Å². The fourth-order valence-electron chi connectivity index (χ4n) is 1.62. The van der Waals surface area contributed by atoms with E-state index in [1.165, 1.54) is 18.5 Å². The Balaban J connectivity index is 1.77. The van der Waals surface area contributed by atoms with Crippen LogP contribution in [0.3, 0.4) is 0 Å². The molecule has 0 atom stereocenters. The molecule has 0 saturated heterocycles. The molecule has 1 heterocycles. The van der Waals surface area contributed by atoms with E-state index < -0.39 is 11.7 Å². The predicted molar refractivity (Wildman–Crippen MR) is 64.6 cm³/mol. The summed E-state index contributed by atoms with van der Waals surface area (Å²) in [5.74, 6) is 0.800. The maximum atomic E-state index is 12.3. The molecule has 0 spiro atoms. The minimum Gasteiger partial charge on any atom is -0.385 e. The fourth-order valence-corrected chi connectivity index (χ4v) is 1.62. The lowest BCUT2D eigenvalue weighted by Crippen LogP contribution is -2.06. The smallest absolute Gasteiger partial charge is 0.385 e. The number of rotatable bonds is 5. The van der Waals surface area contributed by atoms with Crippen molar-refractivity contribution in [2.75, 3.05) is 11.9 Å². The molecular weight excluding hydrogens is 257 g/mol. The summed E-state index contributed by atoms with van der Waals surface area (Å²) in [5.41, 5.74) is 0.0327. The zero-order chi connectivity index (χ0) is 13.7. The van der Waals surface area contributed by atoms with Gasteiger partial charge in [0, 0.05) is 18.7 Å². The van der Waals surface area contributed by atoms with E-state index in [1.54, 1.807) is 0 Å². The van der Waals surface area contributed by atoms with E-state index in [2.05, 4.69) is 20.5 Å². The van der Waals surface area contributed by atoms with Crippen LogP contribution in [0.4, 0.5) is 18.9 Å². The molecule has 7 heteroatoms. The number of aryl methyl sites for hydroxylation is 1. The van der Waals surface area contributed by atoms with Gasteiger partial charge in [-0.3, -0.25) is 5.10 Å². The molecule has 0 unspecified atom stereocenters. The molecule has 1 aromatic carbocycles. The normalized spacial score (nSPS) is 11.5. The molecule has 1 aromatic heterocycles. The average molecular weight is 270 g/mol. The van der Waals surface area contributed by atoms with Crippen LogP contribution in [0, 0.1) is 0 Å². The first-order chi connectivity index (χ1) is 9.05. The second-order valence-electron chi connectivity index (χ2n) is 4.04. The van der Waals surface area contributed by atoms with Crippen molar-refractivity contribution in [1.82, 2.24) is 15.2 Å². The zero-order valence-electron chi connectivity index (χ0n) is 10.0. The molecule has 0 aliphatic carbocycles. The lowest BCUT2D eigenvalue weighted by atomic mass is 10.2. The molecule has 2 aromatic rings. The third-order valence-corrected chi connectivity index (χ3v) is 2.60. The van der Waals surface area contributed by atoms with Gasteiger partial charge in [-0.2, -0.15) is 18.3 Å². The first-order valence-corrected chi connectivity index (χ1v) is 5.81. The maximum absolute atomic E-state index is 12.3. The number of alkyl halides is 3. The Kier molecular flexibility index (Phi) is 4.03. The van der Waals surface area contributed by atoms with Crippen molar-refractivity contribution >= 4 is 5.69 Å². The third-order valence-electron chi connectivity index (χ3n) is 2.60. The van der Waals surface area contributed by atoms with Gasteiger partial charge in [-0.25, -0.2) is 4.98 Å². The number of anilines is 1. The molecule has 0 aliphatic heterocycles. The number of halogens is 3. The van der Waals surface area contributed by atoms with E-state index in [0.29, 0.717) is 12.2 Å². The van der Waals surface area contributed by atoms with Crippen LogP contribution in [-0.4, -0.2) is 21.7 Å². The van der Waals surface area contributed by atoms with Gasteiger partial charge >= 0.3 is 6.18 Å². The van der Waals surface area contributed by atoms with Gasteiger partial charge in [-0.15, -0.1) is 0 Å². The molecule has 102 valence electrons. The average Bonchev–Trinajstić information content (AvgIpc) is 2.87. The van der Waals surface area contributed by atoms with E-state index in [4.69, 9.17) is 0 Å². The molecule has 2 N–H and O–H groups in total. The maximum Gasteiger partial charge on any atom is 0.416 e. The highest BCUT2D eigenvalue weighted by atomic mass is 19.4. The van der Waals surface area contributed by atoms with Crippen LogP contribution in [0.2, 0.25) is 0 Å². The summed E-state index contributed by atoms with van der Waals surface area (Å²) in [6, 6.07) is 4.99. The van der Waals surface area contributed by atoms with Crippen LogP contribution < -0.4 is 5.32 Å². The molecule has 0 bridgehead atoms. The van der Waals surface area contributed by atoms with Gasteiger partial charge in [0.25, 0.3) is 0 Å². The van der Waals surface area contributed by atoms with Crippen molar-refractivity contribution in [3.8, 4) is 0 Å². The minimum absolute atomic E-state index is 0.639. The summed E-state index contributed by atoms with van der Waals surface area (Å²) >= 11 is 0. The van der Waals surface area contributed by atoms with E-state index >= 15 is 0 Å². The SMILES string of the molecule is FC(F)(F)c1ccc(NCCCc2ncn[nH]2)cc1. The summed E-state index contributed by atoms with van der Waals surface area (Å²) < 4.78 is 37.0. The molecule has 0 fully saturated rings. The second kappa shape index (κ2) is 5.73. The monoisotopic (exact) mass is 270 g/mol. The van der Waals surface area contributed by atoms with Gasteiger partial charge in [0.05, 0.1) is 5.56 Å². The molecule has 0 radical (unpaired) electrons. The van der Waals surface area contributed by atoms with Crippen molar-refractivity contribution in [2.24, 2.45) is 0 Å². The van der Waals surface area contributed by atoms with Crippen molar-refractivity contribution < 1.29 is 13.2 Å². The first kappa shape index (κ1) is 13.4. The van der Waals surface area contributed by atoms with Crippen molar-refractivity contribution in [3.05, 3.63) is 42.0 Å². The summed E-state index contributed by atoms with van der Waals surface area (Å²) in [5, 5.41) is 9.53. The standard InChI is InChI=1S/C12H13F3N4/c13-12(14,15)9-3-5-10(6-4-9)16-7-1-2-11-17-8-18-19-11/h3-6,8,16H,1-2,7H2,(H,17,18,19). The number of nitrogens with zero attached hydrogens (tertiary/aromatic N) is 2. The van der Waals surface area contributed by atoms with Gasteiger partial charge in [0.2, 0.25) is 0 Å². The molecule has 2 rings (SSSR count). The third kappa shape index (κ3) is 3.97. The highest BCUT2D eigenvalue weighted by Crippen LogP contribution is 2.29. The molecule has 0 saturated carbocycles. The van der Waals surface area contributed by atoms with Crippen LogP contribution >= 0.6 is 0 Å². The topological polar surface area (TPSA) is 53.6 Å². The summed E-state index contributed by atoms with van der Waals surface area (Å²) in [7, 11) is 0. The Hall–Kier alpha value is -2.05. The molecule has 19 heavy (non-hydrogen) atoms. The zero-order valence-corrected chi connectivity index (χ0v) is 10.0. The molecule has 4 nitrogen and oxygen atoms in total. The van der Waals surface area contributed by atoms with Crippen molar-refractivity contribution in [1.29, 1.82) is 0 Å². The van der Waals surface area contributed by atoms with Crippen LogP contribution in [0.1, 0.15) is 17.8 Å². The number of H-pyrrole nitrogens is 1. The number of nitrogens with one attached hydrogen (secondary N) is 2. The van der Waals surface area contributed by atoms with E-state index in [9.17, 15) is 13.2 Å². The largest absolute Gasteiger partial charge is 0.416 e. The van der Waals surface area contributed by atoms with Gasteiger partial charge < -0.3 is 5.32 Å². The Morgan fingerprint density at radius 3 is 2.47 bits per heavy atom. The number of aromatic amines is 1. The van der Waals surface area contributed by atoms with Crippen molar-refractivity contribution in [3.63, 3.8) is 0 Å². The highest BCUT2D eigenvalue weighted by molar-refractivity contribution is 5.45.